The van der Waals surface area contributed by atoms with Crippen molar-refractivity contribution in [3.63, 3.8) is 0 Å². The maximum atomic E-state index is 13.2. The highest BCUT2D eigenvalue weighted by atomic mass is 32.2. The van der Waals surface area contributed by atoms with Gasteiger partial charge in [-0.1, -0.05) is 42.1 Å². The van der Waals surface area contributed by atoms with Gasteiger partial charge in [0.25, 0.3) is 11.8 Å². The van der Waals surface area contributed by atoms with Crippen LogP contribution in [0.1, 0.15) is 26.3 Å². The highest BCUT2D eigenvalue weighted by molar-refractivity contribution is 8.04. The molecular weight excluding hydrogens is 400 g/mol. The Morgan fingerprint density at radius 2 is 1.70 bits per heavy atom. The summed E-state index contributed by atoms with van der Waals surface area (Å²) in [7, 11) is 0. The highest BCUT2D eigenvalue weighted by Gasteiger charge is 2.39. The molecule has 0 aliphatic carbocycles. The molecule has 2 aromatic rings. The Balaban J connectivity index is 1.93. The fourth-order valence-electron chi connectivity index (χ4n) is 3.02. The summed E-state index contributed by atoms with van der Waals surface area (Å²) in [5.74, 6) is -0.828. The number of benzene rings is 2. The first-order chi connectivity index (χ1) is 14.4. The predicted octanol–water partition coefficient (Wildman–Crippen LogP) is 3.94. The molecule has 0 bridgehead atoms. The first-order valence-corrected chi connectivity index (χ1v) is 10.5. The van der Waals surface area contributed by atoms with E-state index in [9.17, 15) is 14.4 Å². The Bertz CT molecular complexity index is 968. The van der Waals surface area contributed by atoms with Crippen molar-refractivity contribution in [2.24, 2.45) is 0 Å². The molecule has 0 saturated heterocycles. The predicted molar refractivity (Wildman–Crippen MR) is 118 cm³/mol. The van der Waals surface area contributed by atoms with Crippen LogP contribution < -0.4 is 5.32 Å². The van der Waals surface area contributed by atoms with Gasteiger partial charge in [-0.15, -0.1) is 0 Å². The summed E-state index contributed by atoms with van der Waals surface area (Å²) in [6.45, 7) is 5.73. The molecule has 7 heteroatoms. The summed E-state index contributed by atoms with van der Waals surface area (Å²) < 4.78 is 5.54. The first-order valence-electron chi connectivity index (χ1n) is 9.70. The van der Waals surface area contributed by atoms with Gasteiger partial charge in [-0.05, 0) is 43.7 Å². The maximum Gasteiger partial charge on any atom is 0.268 e. The zero-order valence-electron chi connectivity index (χ0n) is 17.2. The van der Waals surface area contributed by atoms with Gasteiger partial charge in [-0.2, -0.15) is 0 Å². The van der Waals surface area contributed by atoms with Crippen LogP contribution in [-0.4, -0.2) is 41.9 Å². The van der Waals surface area contributed by atoms with Gasteiger partial charge >= 0.3 is 0 Å². The van der Waals surface area contributed by atoms with Gasteiger partial charge in [0.2, 0.25) is 5.91 Å². The first kappa shape index (κ1) is 21.8. The minimum atomic E-state index is -0.335. The van der Waals surface area contributed by atoms with Crippen molar-refractivity contribution in [3.05, 3.63) is 65.1 Å². The lowest BCUT2D eigenvalue weighted by Crippen LogP contribution is -2.35. The van der Waals surface area contributed by atoms with E-state index in [1.165, 1.54) is 23.6 Å². The molecule has 0 spiro atoms. The molecule has 0 unspecified atom stereocenters. The summed E-state index contributed by atoms with van der Waals surface area (Å²) in [4.78, 5) is 40.0. The van der Waals surface area contributed by atoms with Gasteiger partial charge in [0.1, 0.15) is 0 Å². The number of carbonyl (C=O) groups excluding carboxylic acids is 3. The van der Waals surface area contributed by atoms with Gasteiger partial charge in [-0.25, -0.2) is 0 Å². The lowest BCUT2D eigenvalue weighted by molar-refractivity contribution is -0.137. The minimum Gasteiger partial charge on any atom is -0.377 e. The number of anilines is 1. The van der Waals surface area contributed by atoms with E-state index in [0.29, 0.717) is 21.7 Å². The second kappa shape index (κ2) is 9.73. The normalized spacial score (nSPS) is 14.1. The zero-order valence-corrected chi connectivity index (χ0v) is 18.0. The van der Waals surface area contributed by atoms with E-state index in [4.69, 9.17) is 4.74 Å². The third-order valence-corrected chi connectivity index (χ3v) is 5.44. The fourth-order valence-corrected chi connectivity index (χ4v) is 4.05. The second-order valence-corrected chi connectivity index (χ2v) is 8.14. The summed E-state index contributed by atoms with van der Waals surface area (Å²) in [6, 6.07) is 16.4. The Hall–Kier alpha value is -2.90. The van der Waals surface area contributed by atoms with Crippen molar-refractivity contribution in [1.82, 2.24) is 4.90 Å². The smallest absolute Gasteiger partial charge is 0.268 e. The van der Waals surface area contributed by atoms with E-state index in [2.05, 4.69) is 5.32 Å². The number of hydrogen-bond donors (Lipinski definition) is 1. The van der Waals surface area contributed by atoms with Crippen LogP contribution in [0.3, 0.4) is 0 Å². The number of rotatable bonds is 8. The van der Waals surface area contributed by atoms with E-state index in [1.54, 1.807) is 24.3 Å². The molecule has 6 nitrogen and oxygen atoms in total. The Morgan fingerprint density at radius 1 is 1.03 bits per heavy atom. The standard InChI is InChI=1S/C23H24N2O4S/c1-15(2)29-14-13-25-22(27)20(17-9-11-18(12-10-17)24-16(3)26)21(23(25)28)30-19-7-5-4-6-8-19/h4-12,15H,13-14H2,1-3H3,(H,24,26). The van der Waals surface area contributed by atoms with Crippen LogP contribution in [0, 0.1) is 0 Å². The topological polar surface area (TPSA) is 75.7 Å². The van der Waals surface area contributed by atoms with Crippen molar-refractivity contribution in [3.8, 4) is 0 Å². The van der Waals surface area contributed by atoms with Crippen LogP contribution in [0.25, 0.3) is 5.57 Å². The molecule has 0 fully saturated rings. The Labute approximate surface area is 180 Å². The fraction of sp³-hybridized carbons (Fsp3) is 0.261. The molecular formula is C23H24N2O4S. The van der Waals surface area contributed by atoms with Crippen molar-refractivity contribution in [2.45, 2.75) is 31.8 Å². The summed E-state index contributed by atoms with van der Waals surface area (Å²) in [5.41, 5.74) is 1.63. The van der Waals surface area contributed by atoms with Crippen LogP contribution >= 0.6 is 11.8 Å². The quantitative estimate of drug-likeness (QED) is 0.650. The number of amides is 3. The maximum absolute atomic E-state index is 13.2. The summed E-state index contributed by atoms with van der Waals surface area (Å²) in [5, 5.41) is 2.70. The van der Waals surface area contributed by atoms with E-state index in [0.717, 1.165) is 4.90 Å². The average Bonchev–Trinajstić information content (AvgIpc) is 2.93. The minimum absolute atomic E-state index is 0.0183. The summed E-state index contributed by atoms with van der Waals surface area (Å²) in [6.07, 6.45) is 0.0183. The third kappa shape index (κ3) is 5.17. The molecule has 3 amide bonds. The molecule has 1 aliphatic rings. The molecule has 156 valence electrons. The Kier molecular flexibility index (Phi) is 7.07. The number of hydrogen-bond acceptors (Lipinski definition) is 5. The van der Waals surface area contributed by atoms with Gasteiger partial charge in [0.15, 0.2) is 0 Å². The van der Waals surface area contributed by atoms with Crippen molar-refractivity contribution >= 4 is 40.7 Å². The van der Waals surface area contributed by atoms with Gasteiger partial charge in [0, 0.05) is 17.5 Å². The monoisotopic (exact) mass is 424 g/mol. The van der Waals surface area contributed by atoms with Crippen molar-refractivity contribution in [2.75, 3.05) is 18.5 Å². The number of nitrogens with zero attached hydrogens (tertiary/aromatic N) is 1. The molecule has 0 saturated carbocycles. The zero-order chi connectivity index (χ0) is 21.7. The second-order valence-electron chi connectivity index (χ2n) is 7.06. The number of nitrogens with one attached hydrogen (secondary N) is 1. The number of ether oxygens (including phenoxy) is 1. The third-order valence-electron chi connectivity index (χ3n) is 4.35. The van der Waals surface area contributed by atoms with Gasteiger partial charge < -0.3 is 10.1 Å². The van der Waals surface area contributed by atoms with E-state index in [-0.39, 0.29) is 37.0 Å². The van der Waals surface area contributed by atoms with E-state index in [1.807, 2.05) is 44.2 Å². The number of imide groups is 1. The van der Waals surface area contributed by atoms with Crippen LogP contribution in [0.4, 0.5) is 5.69 Å². The summed E-state index contributed by atoms with van der Waals surface area (Å²) >= 11 is 1.28. The molecule has 1 heterocycles. The number of thioether (sulfide) groups is 1. The van der Waals surface area contributed by atoms with E-state index >= 15 is 0 Å². The molecule has 1 N–H and O–H groups in total. The highest BCUT2D eigenvalue weighted by Crippen LogP contribution is 2.39. The Morgan fingerprint density at radius 3 is 2.30 bits per heavy atom. The lowest BCUT2D eigenvalue weighted by Gasteiger charge is -2.16. The van der Waals surface area contributed by atoms with Crippen LogP contribution in [-0.2, 0) is 19.1 Å². The number of carbonyl (C=O) groups is 3. The molecule has 0 atom stereocenters. The average molecular weight is 425 g/mol. The van der Waals surface area contributed by atoms with Crippen LogP contribution in [0.5, 0.6) is 0 Å². The molecule has 30 heavy (non-hydrogen) atoms. The molecule has 3 rings (SSSR count). The molecule has 1 aliphatic heterocycles. The van der Waals surface area contributed by atoms with E-state index < -0.39 is 0 Å². The van der Waals surface area contributed by atoms with Crippen LogP contribution in [0.2, 0.25) is 0 Å². The molecule has 0 radical (unpaired) electrons. The van der Waals surface area contributed by atoms with Crippen molar-refractivity contribution < 1.29 is 19.1 Å². The van der Waals surface area contributed by atoms with Crippen molar-refractivity contribution in [1.29, 1.82) is 0 Å². The van der Waals surface area contributed by atoms with Gasteiger partial charge in [-0.3, -0.25) is 19.3 Å². The largest absolute Gasteiger partial charge is 0.377 e. The molecule has 0 aromatic heterocycles. The van der Waals surface area contributed by atoms with Crippen LogP contribution in [0.15, 0.2) is 64.4 Å². The SMILES string of the molecule is CC(=O)Nc1ccc(C2=C(Sc3ccccc3)C(=O)N(CCOC(C)C)C2=O)cc1. The van der Waals surface area contributed by atoms with Gasteiger partial charge in [0.05, 0.1) is 29.7 Å². The lowest BCUT2D eigenvalue weighted by atomic mass is 10.1. The molecule has 2 aromatic carbocycles.